The van der Waals surface area contributed by atoms with Gasteiger partial charge in [-0.05, 0) is 17.9 Å². The van der Waals surface area contributed by atoms with E-state index in [0.29, 0.717) is 12.3 Å². The fourth-order valence-corrected chi connectivity index (χ4v) is 1.54. The molecule has 0 unspecified atom stereocenters. The topological polar surface area (TPSA) is 17.1 Å². The van der Waals surface area contributed by atoms with E-state index in [4.69, 9.17) is 0 Å². The van der Waals surface area contributed by atoms with Gasteiger partial charge in [0, 0.05) is 12.0 Å². The molecule has 1 rings (SSSR count). The van der Waals surface area contributed by atoms with Gasteiger partial charge in [0.05, 0.1) is 0 Å². The van der Waals surface area contributed by atoms with Gasteiger partial charge in [-0.3, -0.25) is 4.79 Å². The molecule has 0 spiro atoms. The van der Waals surface area contributed by atoms with Gasteiger partial charge in [0.2, 0.25) is 0 Å². The quantitative estimate of drug-likeness (QED) is 0.657. The van der Waals surface area contributed by atoms with E-state index < -0.39 is 0 Å². The summed E-state index contributed by atoms with van der Waals surface area (Å²) in [7, 11) is 0. The normalized spacial score (nSPS) is 10.7. The minimum atomic E-state index is 0.271. The van der Waals surface area contributed by atoms with Crippen LogP contribution in [0.3, 0.4) is 0 Å². The molecule has 0 heterocycles. The Morgan fingerprint density at radius 1 is 1.20 bits per heavy atom. The highest BCUT2D eigenvalue weighted by Crippen LogP contribution is 2.15. The fraction of sp³-hybridized carbons (Fsp3) is 0.500. The summed E-state index contributed by atoms with van der Waals surface area (Å²) < 4.78 is 0. The molecule has 82 valence electrons. The molecule has 0 aliphatic heterocycles. The lowest BCUT2D eigenvalue weighted by molar-refractivity contribution is 0.0980. The van der Waals surface area contributed by atoms with Crippen molar-refractivity contribution in [1.82, 2.24) is 0 Å². The van der Waals surface area contributed by atoms with Crippen LogP contribution in [0.4, 0.5) is 0 Å². The van der Waals surface area contributed by atoms with Crippen LogP contribution >= 0.6 is 0 Å². The molecule has 15 heavy (non-hydrogen) atoms. The molecule has 0 bridgehead atoms. The van der Waals surface area contributed by atoms with Crippen molar-refractivity contribution in [3.8, 4) is 0 Å². The van der Waals surface area contributed by atoms with E-state index in [-0.39, 0.29) is 5.78 Å². The number of hydrogen-bond acceptors (Lipinski definition) is 1. The highest BCUT2D eigenvalue weighted by atomic mass is 16.1. The number of Topliss-reactive ketones (excluding diaryl/α,β-unsaturated/α-hetero) is 1. The van der Waals surface area contributed by atoms with Crippen LogP contribution in [0.2, 0.25) is 0 Å². The lowest BCUT2D eigenvalue weighted by Crippen LogP contribution is -1.99. The SMILES string of the molecule is CCCCC(=O)c1ccc(C(C)C)cc1. The van der Waals surface area contributed by atoms with Crippen molar-refractivity contribution in [3.05, 3.63) is 35.4 Å². The third-order valence-electron chi connectivity index (χ3n) is 2.66. The number of benzene rings is 1. The van der Waals surface area contributed by atoms with Crippen LogP contribution in [0.1, 0.15) is 61.9 Å². The maximum atomic E-state index is 11.7. The van der Waals surface area contributed by atoms with Gasteiger partial charge >= 0.3 is 0 Å². The second kappa shape index (κ2) is 5.69. The highest BCUT2D eigenvalue weighted by Gasteiger charge is 2.05. The molecule has 0 N–H and O–H groups in total. The van der Waals surface area contributed by atoms with E-state index in [9.17, 15) is 4.79 Å². The first-order valence-electron chi connectivity index (χ1n) is 5.78. The van der Waals surface area contributed by atoms with E-state index >= 15 is 0 Å². The van der Waals surface area contributed by atoms with Gasteiger partial charge in [-0.25, -0.2) is 0 Å². The Labute approximate surface area is 92.5 Å². The Morgan fingerprint density at radius 2 is 1.80 bits per heavy atom. The largest absolute Gasteiger partial charge is 0.294 e. The molecule has 0 atom stereocenters. The second-order valence-corrected chi connectivity index (χ2v) is 4.30. The third kappa shape index (κ3) is 3.50. The first-order valence-corrected chi connectivity index (χ1v) is 5.78. The van der Waals surface area contributed by atoms with E-state index in [0.717, 1.165) is 18.4 Å². The molecule has 0 aromatic heterocycles. The molecular formula is C14H20O. The summed E-state index contributed by atoms with van der Waals surface area (Å²) in [4.78, 5) is 11.7. The lowest BCUT2D eigenvalue weighted by Gasteiger charge is -2.06. The highest BCUT2D eigenvalue weighted by molar-refractivity contribution is 5.96. The molecule has 0 fully saturated rings. The summed E-state index contributed by atoms with van der Waals surface area (Å²) >= 11 is 0. The lowest BCUT2D eigenvalue weighted by atomic mass is 9.99. The average molecular weight is 204 g/mol. The van der Waals surface area contributed by atoms with Crippen LogP contribution in [0, 0.1) is 0 Å². The number of carbonyl (C=O) groups excluding carboxylic acids is 1. The zero-order valence-electron chi connectivity index (χ0n) is 9.92. The number of rotatable bonds is 5. The molecule has 1 nitrogen and oxygen atoms in total. The van der Waals surface area contributed by atoms with Gasteiger partial charge in [-0.1, -0.05) is 51.5 Å². The summed E-state index contributed by atoms with van der Waals surface area (Å²) in [5, 5.41) is 0. The summed E-state index contributed by atoms with van der Waals surface area (Å²) in [6, 6.07) is 8.02. The maximum absolute atomic E-state index is 11.7. The first kappa shape index (κ1) is 12.0. The molecule has 1 aromatic carbocycles. The summed E-state index contributed by atoms with van der Waals surface area (Å²) in [6.45, 7) is 6.43. The molecule has 0 saturated carbocycles. The third-order valence-corrected chi connectivity index (χ3v) is 2.66. The van der Waals surface area contributed by atoms with Gasteiger partial charge in [0.25, 0.3) is 0 Å². The van der Waals surface area contributed by atoms with Crippen molar-refractivity contribution >= 4 is 5.78 Å². The van der Waals surface area contributed by atoms with Gasteiger partial charge < -0.3 is 0 Å². The van der Waals surface area contributed by atoms with Crippen LogP contribution in [-0.2, 0) is 0 Å². The number of hydrogen-bond donors (Lipinski definition) is 0. The minimum Gasteiger partial charge on any atom is -0.294 e. The van der Waals surface area contributed by atoms with Crippen LogP contribution in [0.25, 0.3) is 0 Å². The molecule has 0 amide bonds. The summed E-state index contributed by atoms with van der Waals surface area (Å²) in [6.07, 6.45) is 2.75. The Morgan fingerprint density at radius 3 is 2.27 bits per heavy atom. The van der Waals surface area contributed by atoms with E-state index in [1.807, 2.05) is 12.1 Å². The van der Waals surface area contributed by atoms with Crippen molar-refractivity contribution in [1.29, 1.82) is 0 Å². The Bertz CT molecular complexity index is 309. The Kier molecular flexibility index (Phi) is 4.54. The van der Waals surface area contributed by atoms with Gasteiger partial charge in [0.1, 0.15) is 0 Å². The van der Waals surface area contributed by atoms with Crippen LogP contribution < -0.4 is 0 Å². The summed E-state index contributed by atoms with van der Waals surface area (Å²) in [5.41, 5.74) is 2.15. The number of unbranched alkanes of at least 4 members (excludes halogenated alkanes) is 1. The van der Waals surface area contributed by atoms with Crippen molar-refractivity contribution in [2.24, 2.45) is 0 Å². The predicted molar refractivity (Wildman–Crippen MR) is 64.4 cm³/mol. The van der Waals surface area contributed by atoms with Crippen LogP contribution in [0.5, 0.6) is 0 Å². The molecular weight excluding hydrogens is 184 g/mol. The van der Waals surface area contributed by atoms with E-state index in [2.05, 4.69) is 32.9 Å². The Balaban J connectivity index is 2.67. The van der Waals surface area contributed by atoms with Crippen molar-refractivity contribution in [2.45, 2.75) is 46.0 Å². The first-order chi connectivity index (χ1) is 7.15. The predicted octanol–water partition coefficient (Wildman–Crippen LogP) is 4.18. The van der Waals surface area contributed by atoms with Crippen molar-refractivity contribution < 1.29 is 4.79 Å². The molecule has 1 heteroatoms. The standard InChI is InChI=1S/C14H20O/c1-4-5-6-14(15)13-9-7-12(8-10-13)11(2)3/h7-11H,4-6H2,1-3H3. The molecule has 0 radical (unpaired) electrons. The van der Waals surface area contributed by atoms with Crippen molar-refractivity contribution in [3.63, 3.8) is 0 Å². The smallest absolute Gasteiger partial charge is 0.162 e. The van der Waals surface area contributed by atoms with Gasteiger partial charge in [0.15, 0.2) is 5.78 Å². The number of carbonyl (C=O) groups is 1. The summed E-state index contributed by atoms with van der Waals surface area (Å²) in [5.74, 6) is 0.803. The van der Waals surface area contributed by atoms with E-state index in [1.54, 1.807) is 0 Å². The number of ketones is 1. The van der Waals surface area contributed by atoms with Gasteiger partial charge in [-0.2, -0.15) is 0 Å². The molecule has 0 aliphatic rings. The monoisotopic (exact) mass is 204 g/mol. The van der Waals surface area contributed by atoms with Crippen LogP contribution in [0.15, 0.2) is 24.3 Å². The minimum absolute atomic E-state index is 0.271. The van der Waals surface area contributed by atoms with Crippen LogP contribution in [-0.4, -0.2) is 5.78 Å². The second-order valence-electron chi connectivity index (χ2n) is 4.30. The fourth-order valence-electron chi connectivity index (χ4n) is 1.54. The molecule has 0 saturated heterocycles. The molecule has 0 aliphatic carbocycles. The van der Waals surface area contributed by atoms with Gasteiger partial charge in [-0.15, -0.1) is 0 Å². The zero-order chi connectivity index (χ0) is 11.3. The van der Waals surface area contributed by atoms with E-state index in [1.165, 1.54) is 5.56 Å². The molecule has 1 aromatic rings. The zero-order valence-corrected chi connectivity index (χ0v) is 9.92. The maximum Gasteiger partial charge on any atom is 0.162 e. The Hall–Kier alpha value is -1.11. The van der Waals surface area contributed by atoms with Crippen molar-refractivity contribution in [2.75, 3.05) is 0 Å². The average Bonchev–Trinajstić information content (AvgIpc) is 2.26.